The van der Waals surface area contributed by atoms with Gasteiger partial charge in [0.1, 0.15) is 10.6 Å². The van der Waals surface area contributed by atoms with Gasteiger partial charge < -0.3 is 15.2 Å². The van der Waals surface area contributed by atoms with Gasteiger partial charge in [-0.25, -0.2) is 13.2 Å². The number of likely N-dealkylation sites (N-methyl/N-ethyl adjacent to an activating group) is 1. The lowest BCUT2D eigenvalue weighted by Crippen LogP contribution is -2.32. The summed E-state index contributed by atoms with van der Waals surface area (Å²) >= 11 is 0. The van der Waals surface area contributed by atoms with E-state index in [1.807, 2.05) is 0 Å². The number of carboxylic acids is 1. The highest BCUT2D eigenvalue weighted by atomic mass is 32.2. The maximum Gasteiger partial charge on any atom is 0.352 e. The topological polar surface area (TPSA) is 111 Å². The molecule has 1 unspecified atom stereocenters. The quantitative estimate of drug-likeness (QED) is 0.675. The van der Waals surface area contributed by atoms with Gasteiger partial charge in [-0.2, -0.15) is 4.31 Å². The van der Waals surface area contributed by atoms with Crippen LogP contribution in [0.2, 0.25) is 0 Å². The van der Waals surface area contributed by atoms with Crippen molar-refractivity contribution in [1.29, 1.82) is 0 Å². The van der Waals surface area contributed by atoms with E-state index < -0.39 is 22.1 Å². The van der Waals surface area contributed by atoms with Gasteiger partial charge in [-0.3, -0.25) is 0 Å². The van der Waals surface area contributed by atoms with Crippen LogP contribution in [0.4, 0.5) is 0 Å². The van der Waals surface area contributed by atoms with Crippen LogP contribution in [-0.4, -0.2) is 53.6 Å². The second-order valence-corrected chi connectivity index (χ2v) is 5.73. The highest BCUT2D eigenvalue weighted by Crippen LogP contribution is 2.15. The maximum absolute atomic E-state index is 11.9. The van der Waals surface area contributed by atoms with Crippen LogP contribution >= 0.6 is 0 Å². The van der Waals surface area contributed by atoms with Crippen molar-refractivity contribution in [2.75, 3.05) is 13.6 Å². The number of nitrogens with one attached hydrogen (secondary N) is 1. The predicted molar refractivity (Wildman–Crippen MR) is 59.2 cm³/mol. The van der Waals surface area contributed by atoms with Crippen molar-refractivity contribution in [3.8, 4) is 0 Å². The van der Waals surface area contributed by atoms with Crippen LogP contribution < -0.4 is 0 Å². The first kappa shape index (κ1) is 13.7. The standard InChI is InChI=1S/C9H14N2O5S/c1-6(12)5-11(2)17(15,16)7-3-8(9(13)14)10-4-7/h3-4,6,10,12H,5H2,1-2H3,(H,13,14). The molecule has 0 aromatic carbocycles. The van der Waals surface area contributed by atoms with Crippen LogP contribution in [0.25, 0.3) is 0 Å². The molecule has 0 saturated heterocycles. The summed E-state index contributed by atoms with van der Waals surface area (Å²) in [4.78, 5) is 12.8. The molecule has 1 atom stereocenters. The zero-order valence-corrected chi connectivity index (χ0v) is 10.2. The first-order valence-electron chi connectivity index (χ1n) is 4.81. The van der Waals surface area contributed by atoms with Gasteiger partial charge in [-0.15, -0.1) is 0 Å². The van der Waals surface area contributed by atoms with E-state index in [1.165, 1.54) is 14.0 Å². The molecule has 1 heterocycles. The number of nitrogens with zero attached hydrogens (tertiary/aromatic N) is 1. The van der Waals surface area contributed by atoms with Crippen molar-refractivity contribution in [3.63, 3.8) is 0 Å². The number of rotatable bonds is 5. The minimum atomic E-state index is -3.77. The summed E-state index contributed by atoms with van der Waals surface area (Å²) in [5.74, 6) is -1.23. The average Bonchev–Trinajstić information content (AvgIpc) is 2.65. The van der Waals surface area contributed by atoms with E-state index in [4.69, 9.17) is 10.2 Å². The van der Waals surface area contributed by atoms with E-state index in [2.05, 4.69) is 4.98 Å². The third-order valence-corrected chi connectivity index (χ3v) is 3.92. The molecule has 1 aromatic heterocycles. The second-order valence-electron chi connectivity index (χ2n) is 3.69. The number of hydrogen-bond donors (Lipinski definition) is 3. The Kier molecular flexibility index (Phi) is 3.91. The lowest BCUT2D eigenvalue weighted by Gasteiger charge is -2.17. The molecule has 0 bridgehead atoms. The Morgan fingerprint density at radius 2 is 2.18 bits per heavy atom. The number of carboxylic acid groups (broad SMARTS) is 1. The number of hydrogen-bond acceptors (Lipinski definition) is 4. The van der Waals surface area contributed by atoms with Gasteiger partial charge in [0.25, 0.3) is 0 Å². The van der Waals surface area contributed by atoms with E-state index in [-0.39, 0.29) is 17.1 Å². The third kappa shape index (κ3) is 3.05. The summed E-state index contributed by atoms with van der Waals surface area (Å²) in [5.41, 5.74) is -0.200. The highest BCUT2D eigenvalue weighted by Gasteiger charge is 2.24. The van der Waals surface area contributed by atoms with Crippen molar-refractivity contribution in [2.24, 2.45) is 0 Å². The van der Waals surface area contributed by atoms with Gasteiger partial charge in [0.05, 0.1) is 6.10 Å². The number of aromatic amines is 1. The minimum Gasteiger partial charge on any atom is -0.477 e. The Hall–Kier alpha value is -1.38. The van der Waals surface area contributed by atoms with E-state index in [1.54, 1.807) is 0 Å². The summed E-state index contributed by atoms with van der Waals surface area (Å²) in [6.45, 7) is 1.40. The summed E-state index contributed by atoms with van der Waals surface area (Å²) in [6.07, 6.45) is 0.310. The molecule has 1 rings (SSSR count). The molecule has 8 heteroatoms. The largest absolute Gasteiger partial charge is 0.477 e. The fourth-order valence-electron chi connectivity index (χ4n) is 1.30. The monoisotopic (exact) mass is 262 g/mol. The number of aliphatic hydroxyl groups is 1. The number of aromatic nitrogens is 1. The van der Waals surface area contributed by atoms with Gasteiger partial charge in [0.15, 0.2) is 0 Å². The van der Waals surface area contributed by atoms with Crippen LogP contribution in [-0.2, 0) is 10.0 Å². The average molecular weight is 262 g/mol. The number of aromatic carboxylic acids is 1. The molecule has 0 fully saturated rings. The van der Waals surface area contributed by atoms with E-state index in [0.717, 1.165) is 16.6 Å². The van der Waals surface area contributed by atoms with E-state index in [0.29, 0.717) is 0 Å². The Balaban J connectivity index is 3.00. The second kappa shape index (κ2) is 4.86. The molecular weight excluding hydrogens is 248 g/mol. The van der Waals surface area contributed by atoms with Crippen molar-refractivity contribution in [3.05, 3.63) is 18.0 Å². The SMILES string of the molecule is CC(O)CN(C)S(=O)(=O)c1c[nH]c(C(=O)O)c1. The molecule has 0 radical (unpaired) electrons. The zero-order chi connectivity index (χ0) is 13.2. The molecule has 0 spiro atoms. The minimum absolute atomic E-state index is 0.0596. The van der Waals surface area contributed by atoms with Crippen LogP contribution in [0, 0.1) is 0 Å². The smallest absolute Gasteiger partial charge is 0.352 e. The van der Waals surface area contributed by atoms with Crippen molar-refractivity contribution < 1.29 is 23.4 Å². The molecule has 3 N–H and O–H groups in total. The first-order chi connectivity index (χ1) is 7.75. The van der Waals surface area contributed by atoms with E-state index >= 15 is 0 Å². The van der Waals surface area contributed by atoms with Crippen LogP contribution in [0.3, 0.4) is 0 Å². The summed E-state index contributed by atoms with van der Waals surface area (Å²) in [5, 5.41) is 17.8. The van der Waals surface area contributed by atoms with Crippen molar-refractivity contribution >= 4 is 16.0 Å². The molecule has 0 aliphatic rings. The lowest BCUT2D eigenvalue weighted by atomic mass is 10.4. The first-order valence-corrected chi connectivity index (χ1v) is 6.25. The van der Waals surface area contributed by atoms with Crippen molar-refractivity contribution in [1.82, 2.24) is 9.29 Å². The van der Waals surface area contributed by atoms with Crippen LogP contribution in [0.15, 0.2) is 17.2 Å². The lowest BCUT2D eigenvalue weighted by molar-refractivity contribution is 0.0691. The Bertz CT molecular complexity index is 505. The fraction of sp³-hybridized carbons (Fsp3) is 0.444. The molecule has 0 aliphatic heterocycles. The Labute approximate surface area is 98.7 Å². The highest BCUT2D eigenvalue weighted by molar-refractivity contribution is 7.89. The normalized spacial score (nSPS) is 13.9. The molecule has 1 aromatic rings. The number of sulfonamides is 1. The van der Waals surface area contributed by atoms with E-state index in [9.17, 15) is 13.2 Å². The summed E-state index contributed by atoms with van der Waals surface area (Å²) in [6, 6.07) is 1.04. The van der Waals surface area contributed by atoms with Crippen LogP contribution in [0.5, 0.6) is 0 Å². The van der Waals surface area contributed by atoms with Crippen LogP contribution in [0.1, 0.15) is 17.4 Å². The zero-order valence-electron chi connectivity index (χ0n) is 9.41. The molecule has 0 amide bonds. The van der Waals surface area contributed by atoms with Gasteiger partial charge in [0, 0.05) is 19.8 Å². The molecule has 96 valence electrons. The van der Waals surface area contributed by atoms with Crippen molar-refractivity contribution in [2.45, 2.75) is 17.9 Å². The Morgan fingerprint density at radius 1 is 1.59 bits per heavy atom. The fourth-order valence-corrected chi connectivity index (χ4v) is 2.54. The maximum atomic E-state index is 11.9. The molecule has 7 nitrogen and oxygen atoms in total. The molecule has 0 aliphatic carbocycles. The molecule has 17 heavy (non-hydrogen) atoms. The molecule has 0 saturated carbocycles. The van der Waals surface area contributed by atoms with Gasteiger partial charge in [0.2, 0.25) is 10.0 Å². The van der Waals surface area contributed by atoms with Gasteiger partial charge in [-0.05, 0) is 13.0 Å². The van der Waals surface area contributed by atoms with Gasteiger partial charge in [-0.1, -0.05) is 0 Å². The third-order valence-electron chi connectivity index (χ3n) is 2.12. The molecular formula is C9H14N2O5S. The van der Waals surface area contributed by atoms with Gasteiger partial charge >= 0.3 is 5.97 Å². The predicted octanol–water partition coefficient (Wildman–Crippen LogP) is -0.286. The Morgan fingerprint density at radius 3 is 2.59 bits per heavy atom. The number of H-pyrrole nitrogens is 1. The summed E-state index contributed by atoms with van der Waals surface area (Å²) in [7, 11) is -2.45. The summed E-state index contributed by atoms with van der Waals surface area (Å²) < 4.78 is 24.8. The number of aliphatic hydroxyl groups excluding tert-OH is 1. The number of carbonyl (C=O) groups is 1.